The summed E-state index contributed by atoms with van der Waals surface area (Å²) >= 11 is 0. The van der Waals surface area contributed by atoms with Crippen LogP contribution in [0.25, 0.3) is 0 Å². The van der Waals surface area contributed by atoms with Gasteiger partial charge in [-0.3, -0.25) is 4.68 Å². The molecule has 0 saturated heterocycles. The fourth-order valence-electron chi connectivity index (χ4n) is 2.13. The van der Waals surface area contributed by atoms with Gasteiger partial charge >= 0.3 is 0 Å². The number of aliphatic imine (C=N–C) groups is 1. The number of aryl methyl sites for hydroxylation is 1. The SMILES string of the molecule is CCNC(=NCc1c(C)nn(CCOC)c1C)NCCOC.I. The van der Waals surface area contributed by atoms with Crippen molar-refractivity contribution in [1.82, 2.24) is 20.4 Å². The molecule has 0 aliphatic heterocycles. The van der Waals surface area contributed by atoms with Gasteiger partial charge in [0.05, 0.1) is 32.0 Å². The number of guanidine groups is 1. The Labute approximate surface area is 156 Å². The zero-order chi connectivity index (χ0) is 16.4. The molecule has 23 heavy (non-hydrogen) atoms. The van der Waals surface area contributed by atoms with E-state index >= 15 is 0 Å². The van der Waals surface area contributed by atoms with Crippen molar-refractivity contribution in [2.24, 2.45) is 4.99 Å². The summed E-state index contributed by atoms with van der Waals surface area (Å²) < 4.78 is 12.1. The molecule has 0 aliphatic carbocycles. The molecule has 134 valence electrons. The van der Waals surface area contributed by atoms with Crippen molar-refractivity contribution in [3.8, 4) is 0 Å². The average molecular weight is 439 g/mol. The van der Waals surface area contributed by atoms with E-state index in [9.17, 15) is 0 Å². The monoisotopic (exact) mass is 439 g/mol. The first-order valence-corrected chi connectivity index (χ1v) is 7.66. The van der Waals surface area contributed by atoms with Crippen LogP contribution in [0.15, 0.2) is 4.99 Å². The molecule has 0 amide bonds. The minimum absolute atomic E-state index is 0. The summed E-state index contributed by atoms with van der Waals surface area (Å²) in [6.07, 6.45) is 0. The number of aromatic nitrogens is 2. The van der Waals surface area contributed by atoms with E-state index in [1.807, 2.05) is 18.5 Å². The molecule has 0 aliphatic rings. The Balaban J connectivity index is 0.00000484. The van der Waals surface area contributed by atoms with Crippen molar-refractivity contribution in [3.05, 3.63) is 17.0 Å². The van der Waals surface area contributed by atoms with Gasteiger partial charge in [0.2, 0.25) is 0 Å². The zero-order valence-electron chi connectivity index (χ0n) is 14.8. The summed E-state index contributed by atoms with van der Waals surface area (Å²) in [5, 5.41) is 11.0. The molecule has 0 unspecified atom stereocenters. The molecule has 0 saturated carbocycles. The van der Waals surface area contributed by atoms with Gasteiger partial charge in [-0.2, -0.15) is 5.10 Å². The smallest absolute Gasteiger partial charge is 0.191 e. The van der Waals surface area contributed by atoms with Crippen molar-refractivity contribution < 1.29 is 9.47 Å². The van der Waals surface area contributed by atoms with Gasteiger partial charge in [-0.1, -0.05) is 0 Å². The van der Waals surface area contributed by atoms with Gasteiger partial charge in [0.1, 0.15) is 0 Å². The third kappa shape index (κ3) is 7.49. The molecular formula is C15H30IN5O2. The zero-order valence-corrected chi connectivity index (χ0v) is 17.1. The van der Waals surface area contributed by atoms with Crippen LogP contribution in [0.2, 0.25) is 0 Å². The van der Waals surface area contributed by atoms with Gasteiger partial charge in [-0.25, -0.2) is 4.99 Å². The lowest BCUT2D eigenvalue weighted by Crippen LogP contribution is -2.38. The topological polar surface area (TPSA) is 72.7 Å². The highest BCUT2D eigenvalue weighted by atomic mass is 127. The number of rotatable bonds is 9. The van der Waals surface area contributed by atoms with Gasteiger partial charge in [-0.15, -0.1) is 24.0 Å². The van der Waals surface area contributed by atoms with Crippen molar-refractivity contribution in [1.29, 1.82) is 0 Å². The Morgan fingerprint density at radius 1 is 1.17 bits per heavy atom. The van der Waals surface area contributed by atoms with Crippen molar-refractivity contribution in [2.45, 2.75) is 33.9 Å². The van der Waals surface area contributed by atoms with E-state index in [0.717, 1.165) is 37.0 Å². The summed E-state index contributed by atoms with van der Waals surface area (Å²) in [5.41, 5.74) is 3.33. The third-order valence-electron chi connectivity index (χ3n) is 3.38. The maximum absolute atomic E-state index is 5.11. The molecule has 1 aromatic rings. The number of methoxy groups -OCH3 is 2. The van der Waals surface area contributed by atoms with Crippen LogP contribution in [0, 0.1) is 13.8 Å². The van der Waals surface area contributed by atoms with E-state index in [2.05, 4.69) is 27.6 Å². The first-order chi connectivity index (χ1) is 10.6. The summed E-state index contributed by atoms with van der Waals surface area (Å²) in [6.45, 7) is 10.4. The molecule has 0 fully saturated rings. The van der Waals surface area contributed by atoms with Crippen LogP contribution in [0.3, 0.4) is 0 Å². The van der Waals surface area contributed by atoms with Crippen LogP contribution in [0.4, 0.5) is 0 Å². The minimum Gasteiger partial charge on any atom is -0.383 e. The van der Waals surface area contributed by atoms with Crippen LogP contribution < -0.4 is 10.6 Å². The Bertz CT molecular complexity index is 477. The standard InChI is InChI=1S/C15H29N5O2.HI/c1-6-16-15(17-7-9-21-4)18-11-14-12(2)19-20(13(14)3)8-10-22-5;/h6-11H2,1-5H3,(H2,16,17,18);1H. The summed E-state index contributed by atoms with van der Waals surface area (Å²) in [6, 6.07) is 0. The fourth-order valence-corrected chi connectivity index (χ4v) is 2.13. The minimum atomic E-state index is 0. The van der Waals surface area contributed by atoms with E-state index in [0.29, 0.717) is 19.8 Å². The van der Waals surface area contributed by atoms with Crippen LogP contribution in [-0.2, 0) is 22.6 Å². The number of ether oxygens (including phenoxy) is 2. The van der Waals surface area contributed by atoms with E-state index in [-0.39, 0.29) is 24.0 Å². The lowest BCUT2D eigenvalue weighted by molar-refractivity contribution is 0.182. The number of halogens is 1. The normalized spacial score (nSPS) is 11.3. The maximum atomic E-state index is 5.11. The van der Waals surface area contributed by atoms with E-state index in [4.69, 9.17) is 9.47 Å². The van der Waals surface area contributed by atoms with Crippen LogP contribution >= 0.6 is 24.0 Å². The maximum Gasteiger partial charge on any atom is 0.191 e. The molecule has 0 aromatic carbocycles. The molecule has 8 heteroatoms. The molecule has 7 nitrogen and oxygen atoms in total. The van der Waals surface area contributed by atoms with Crippen molar-refractivity contribution in [3.63, 3.8) is 0 Å². The molecule has 1 heterocycles. The highest BCUT2D eigenvalue weighted by Gasteiger charge is 2.11. The molecule has 1 rings (SSSR count). The second-order valence-corrected chi connectivity index (χ2v) is 4.98. The van der Waals surface area contributed by atoms with E-state index in [1.54, 1.807) is 14.2 Å². The fraction of sp³-hybridized carbons (Fsp3) is 0.733. The molecule has 0 spiro atoms. The second kappa shape index (κ2) is 12.5. The predicted molar refractivity (Wildman–Crippen MR) is 104 cm³/mol. The number of hydrogen-bond donors (Lipinski definition) is 2. The second-order valence-electron chi connectivity index (χ2n) is 4.98. The molecule has 0 atom stereocenters. The molecule has 0 radical (unpaired) electrons. The third-order valence-corrected chi connectivity index (χ3v) is 3.38. The summed E-state index contributed by atoms with van der Waals surface area (Å²) in [4.78, 5) is 4.63. The van der Waals surface area contributed by atoms with Gasteiger partial charge in [0, 0.05) is 38.6 Å². The lowest BCUT2D eigenvalue weighted by atomic mass is 10.2. The molecule has 2 N–H and O–H groups in total. The molecule has 0 bridgehead atoms. The van der Waals surface area contributed by atoms with Gasteiger partial charge in [-0.05, 0) is 20.8 Å². The highest BCUT2D eigenvalue weighted by Crippen LogP contribution is 2.14. The largest absolute Gasteiger partial charge is 0.383 e. The summed E-state index contributed by atoms with van der Waals surface area (Å²) in [7, 11) is 3.39. The molecule has 1 aromatic heterocycles. The van der Waals surface area contributed by atoms with Crippen molar-refractivity contribution in [2.75, 3.05) is 40.5 Å². The first-order valence-electron chi connectivity index (χ1n) is 7.66. The van der Waals surface area contributed by atoms with Gasteiger partial charge in [0.15, 0.2) is 5.96 Å². The van der Waals surface area contributed by atoms with Gasteiger partial charge in [0.25, 0.3) is 0 Å². The first kappa shape index (κ1) is 22.1. The average Bonchev–Trinajstić information content (AvgIpc) is 2.77. The van der Waals surface area contributed by atoms with E-state index < -0.39 is 0 Å². The number of hydrogen-bond acceptors (Lipinski definition) is 4. The lowest BCUT2D eigenvalue weighted by Gasteiger charge is -2.11. The Morgan fingerprint density at radius 3 is 2.48 bits per heavy atom. The predicted octanol–water partition coefficient (Wildman–Crippen LogP) is 1.47. The Morgan fingerprint density at radius 2 is 1.87 bits per heavy atom. The number of nitrogens with zero attached hydrogens (tertiary/aromatic N) is 3. The quantitative estimate of drug-likeness (QED) is 0.264. The van der Waals surface area contributed by atoms with Gasteiger partial charge < -0.3 is 20.1 Å². The van der Waals surface area contributed by atoms with Crippen LogP contribution in [0.5, 0.6) is 0 Å². The molecular weight excluding hydrogens is 409 g/mol. The van der Waals surface area contributed by atoms with Crippen molar-refractivity contribution >= 4 is 29.9 Å². The van der Waals surface area contributed by atoms with Crippen LogP contribution in [0.1, 0.15) is 23.9 Å². The number of nitrogens with one attached hydrogen (secondary N) is 2. The van der Waals surface area contributed by atoms with Crippen LogP contribution in [-0.4, -0.2) is 56.3 Å². The Kier molecular flexibility index (Phi) is 12.1. The Hall–Kier alpha value is -0.870. The summed E-state index contributed by atoms with van der Waals surface area (Å²) in [5.74, 6) is 0.794. The van der Waals surface area contributed by atoms with E-state index in [1.165, 1.54) is 5.56 Å². The highest BCUT2D eigenvalue weighted by molar-refractivity contribution is 14.0.